The van der Waals surface area contributed by atoms with Crippen LogP contribution in [0.5, 0.6) is 0 Å². The fourth-order valence-corrected chi connectivity index (χ4v) is 2.22. The Morgan fingerprint density at radius 3 is 2.79 bits per heavy atom. The third-order valence-electron chi connectivity index (χ3n) is 2.91. The van der Waals surface area contributed by atoms with Crippen molar-refractivity contribution < 1.29 is 0 Å². The van der Waals surface area contributed by atoms with E-state index in [1.807, 2.05) is 12.1 Å². The summed E-state index contributed by atoms with van der Waals surface area (Å²) in [5.74, 6) is 1.33. The minimum absolute atomic E-state index is 0.547. The highest BCUT2D eigenvalue weighted by atomic mass is 79.9. The molecule has 1 heterocycles. The van der Waals surface area contributed by atoms with E-state index in [0.29, 0.717) is 5.82 Å². The fourth-order valence-electron chi connectivity index (χ4n) is 1.84. The van der Waals surface area contributed by atoms with Crippen LogP contribution < -0.4 is 11.1 Å². The summed E-state index contributed by atoms with van der Waals surface area (Å²) in [5.41, 5.74) is 9.06. The molecule has 1 aromatic heterocycles. The first-order chi connectivity index (χ1) is 9.11. The molecule has 1 aromatic carbocycles. The summed E-state index contributed by atoms with van der Waals surface area (Å²) in [6.07, 6.45) is 3.35. The number of hydrogen-bond donors (Lipinski definition) is 2. The molecule has 0 fully saturated rings. The molecule has 2 aromatic rings. The van der Waals surface area contributed by atoms with Gasteiger partial charge in [-0.05, 0) is 31.0 Å². The van der Waals surface area contributed by atoms with E-state index in [0.717, 1.165) is 34.4 Å². The lowest BCUT2D eigenvalue weighted by molar-refractivity contribution is 0.908. The van der Waals surface area contributed by atoms with Gasteiger partial charge in [-0.2, -0.15) is 0 Å². The van der Waals surface area contributed by atoms with Crippen molar-refractivity contribution in [2.24, 2.45) is 0 Å². The number of halogens is 1. The predicted molar refractivity (Wildman–Crippen MR) is 82.6 cm³/mol. The number of hydrogen-bond acceptors (Lipinski definition) is 4. The van der Waals surface area contributed by atoms with Crippen molar-refractivity contribution in [1.82, 2.24) is 9.97 Å². The number of anilines is 3. The molecule has 0 aliphatic carbocycles. The zero-order valence-electron chi connectivity index (χ0n) is 11.1. The third kappa shape index (κ3) is 3.23. The normalized spacial score (nSPS) is 10.5. The van der Waals surface area contributed by atoms with Gasteiger partial charge in [-0.3, -0.25) is 0 Å². The van der Waals surface area contributed by atoms with Gasteiger partial charge in [-0.15, -0.1) is 0 Å². The van der Waals surface area contributed by atoms with Crippen LogP contribution in [0.2, 0.25) is 0 Å². The first kappa shape index (κ1) is 13.8. The number of aromatic nitrogens is 2. The summed E-state index contributed by atoms with van der Waals surface area (Å²) in [6.45, 7) is 4.16. The Kier molecular flexibility index (Phi) is 4.37. The molecule has 0 unspecified atom stereocenters. The zero-order chi connectivity index (χ0) is 13.8. The Balaban J connectivity index is 2.32. The molecular formula is C14H17BrN4. The molecule has 0 spiro atoms. The lowest BCUT2D eigenvalue weighted by atomic mass is 10.1. The lowest BCUT2D eigenvalue weighted by Gasteiger charge is -2.12. The number of benzene rings is 1. The van der Waals surface area contributed by atoms with Crippen molar-refractivity contribution in [2.75, 3.05) is 11.1 Å². The molecule has 0 amide bonds. The smallest absolute Gasteiger partial charge is 0.139 e. The largest absolute Gasteiger partial charge is 0.383 e. The van der Waals surface area contributed by atoms with Gasteiger partial charge in [0.15, 0.2) is 0 Å². The average Bonchev–Trinajstić information content (AvgIpc) is 2.38. The topological polar surface area (TPSA) is 63.8 Å². The molecule has 0 atom stereocenters. The third-order valence-corrected chi connectivity index (χ3v) is 3.77. The molecule has 0 radical (unpaired) electrons. The van der Waals surface area contributed by atoms with Crippen molar-refractivity contribution >= 4 is 33.3 Å². The molecule has 0 aliphatic heterocycles. The van der Waals surface area contributed by atoms with Crippen LogP contribution >= 0.6 is 15.9 Å². The number of rotatable bonds is 4. The van der Waals surface area contributed by atoms with E-state index in [9.17, 15) is 0 Å². The number of nitrogens with one attached hydrogen (secondary N) is 1. The number of nitrogen functional groups attached to an aromatic ring is 1. The van der Waals surface area contributed by atoms with Crippen LogP contribution in [0, 0.1) is 6.92 Å². The van der Waals surface area contributed by atoms with Gasteiger partial charge in [0.1, 0.15) is 18.0 Å². The summed E-state index contributed by atoms with van der Waals surface area (Å²) in [4.78, 5) is 8.34. The molecular weight excluding hydrogens is 304 g/mol. The lowest BCUT2D eigenvalue weighted by Crippen LogP contribution is -2.05. The van der Waals surface area contributed by atoms with Gasteiger partial charge >= 0.3 is 0 Å². The van der Waals surface area contributed by atoms with E-state index >= 15 is 0 Å². The Morgan fingerprint density at radius 2 is 2.11 bits per heavy atom. The van der Waals surface area contributed by atoms with Gasteiger partial charge in [0, 0.05) is 15.7 Å². The van der Waals surface area contributed by atoms with Crippen molar-refractivity contribution in [3.8, 4) is 0 Å². The van der Waals surface area contributed by atoms with Gasteiger partial charge in [0.2, 0.25) is 0 Å². The summed E-state index contributed by atoms with van der Waals surface area (Å²) in [5, 5.41) is 3.31. The van der Waals surface area contributed by atoms with Crippen LogP contribution in [0.3, 0.4) is 0 Å². The Morgan fingerprint density at radius 1 is 1.32 bits per heavy atom. The van der Waals surface area contributed by atoms with Crippen molar-refractivity contribution in [2.45, 2.75) is 26.7 Å². The van der Waals surface area contributed by atoms with Gasteiger partial charge in [-0.1, -0.05) is 35.3 Å². The van der Waals surface area contributed by atoms with E-state index in [4.69, 9.17) is 5.73 Å². The van der Waals surface area contributed by atoms with E-state index in [-0.39, 0.29) is 0 Å². The van der Waals surface area contributed by atoms with Crippen LogP contribution in [0.25, 0.3) is 0 Å². The first-order valence-corrected chi connectivity index (χ1v) is 7.03. The maximum atomic E-state index is 5.91. The van der Waals surface area contributed by atoms with Gasteiger partial charge in [0.25, 0.3) is 0 Å². The summed E-state index contributed by atoms with van der Waals surface area (Å²) in [7, 11) is 0. The predicted octanol–water partition coefficient (Wildman–Crippen LogP) is 3.83. The summed E-state index contributed by atoms with van der Waals surface area (Å²) in [6, 6.07) is 6.11. The maximum Gasteiger partial charge on any atom is 0.139 e. The van der Waals surface area contributed by atoms with E-state index < -0.39 is 0 Å². The Bertz CT molecular complexity index is 584. The second kappa shape index (κ2) is 6.02. The quantitative estimate of drug-likeness (QED) is 0.898. The number of aryl methyl sites for hydroxylation is 1. The highest BCUT2D eigenvalue weighted by Gasteiger charge is 2.09. The van der Waals surface area contributed by atoms with Gasteiger partial charge in [-0.25, -0.2) is 9.97 Å². The average molecular weight is 321 g/mol. The van der Waals surface area contributed by atoms with Crippen molar-refractivity contribution in [1.29, 1.82) is 0 Å². The number of nitrogens with zero attached hydrogens (tertiary/aromatic N) is 2. The van der Waals surface area contributed by atoms with Crippen LogP contribution in [0.1, 0.15) is 24.5 Å². The highest BCUT2D eigenvalue weighted by Crippen LogP contribution is 2.26. The van der Waals surface area contributed by atoms with Crippen molar-refractivity contribution in [3.05, 3.63) is 40.1 Å². The zero-order valence-corrected chi connectivity index (χ0v) is 12.7. The molecule has 4 nitrogen and oxygen atoms in total. The van der Waals surface area contributed by atoms with Crippen LogP contribution in [-0.2, 0) is 6.42 Å². The van der Waals surface area contributed by atoms with Gasteiger partial charge in [0.05, 0.1) is 0 Å². The number of nitrogens with two attached hydrogens (primary N) is 1. The first-order valence-electron chi connectivity index (χ1n) is 6.24. The van der Waals surface area contributed by atoms with Crippen LogP contribution in [0.15, 0.2) is 29.0 Å². The monoisotopic (exact) mass is 320 g/mol. The Labute approximate surface area is 121 Å². The summed E-state index contributed by atoms with van der Waals surface area (Å²) < 4.78 is 1.07. The van der Waals surface area contributed by atoms with E-state index in [1.165, 1.54) is 11.9 Å². The maximum absolute atomic E-state index is 5.91. The van der Waals surface area contributed by atoms with E-state index in [2.05, 4.69) is 51.1 Å². The van der Waals surface area contributed by atoms with Crippen molar-refractivity contribution in [3.63, 3.8) is 0 Å². The SMILES string of the molecule is CCCc1c(N)ncnc1Nc1ccc(C)c(Br)c1. The molecule has 0 saturated carbocycles. The minimum Gasteiger partial charge on any atom is -0.383 e. The standard InChI is InChI=1S/C14H17BrN4/c1-3-4-11-13(16)17-8-18-14(11)19-10-6-5-9(2)12(15)7-10/h5-8H,3-4H2,1-2H3,(H3,16,17,18,19). The van der Waals surface area contributed by atoms with Gasteiger partial charge < -0.3 is 11.1 Å². The molecule has 0 aliphatic rings. The second-order valence-corrected chi connectivity index (χ2v) is 5.28. The molecule has 19 heavy (non-hydrogen) atoms. The van der Waals surface area contributed by atoms with Crippen LogP contribution in [0.4, 0.5) is 17.3 Å². The molecule has 0 saturated heterocycles. The minimum atomic E-state index is 0.547. The molecule has 2 rings (SSSR count). The molecule has 0 bridgehead atoms. The van der Waals surface area contributed by atoms with E-state index in [1.54, 1.807) is 0 Å². The molecule has 5 heteroatoms. The fraction of sp³-hybridized carbons (Fsp3) is 0.286. The highest BCUT2D eigenvalue weighted by molar-refractivity contribution is 9.10. The second-order valence-electron chi connectivity index (χ2n) is 4.43. The molecule has 100 valence electrons. The van der Waals surface area contributed by atoms with Crippen LogP contribution in [-0.4, -0.2) is 9.97 Å². The Hall–Kier alpha value is -1.62. The molecule has 3 N–H and O–H groups in total. The summed E-state index contributed by atoms with van der Waals surface area (Å²) >= 11 is 3.53.